The van der Waals surface area contributed by atoms with Gasteiger partial charge >= 0.3 is 0 Å². The summed E-state index contributed by atoms with van der Waals surface area (Å²) < 4.78 is 0. The van der Waals surface area contributed by atoms with Gasteiger partial charge in [-0.2, -0.15) is 0 Å². The van der Waals surface area contributed by atoms with Crippen molar-refractivity contribution in [3.8, 4) is 0 Å². The Labute approximate surface area is 110 Å². The van der Waals surface area contributed by atoms with Crippen LogP contribution in [0.25, 0.3) is 0 Å². The van der Waals surface area contributed by atoms with E-state index in [4.69, 9.17) is 0 Å². The van der Waals surface area contributed by atoms with E-state index in [1.54, 1.807) is 0 Å². The zero-order valence-corrected chi connectivity index (χ0v) is 11.8. The van der Waals surface area contributed by atoms with E-state index in [0.29, 0.717) is 5.78 Å². The number of nitrogens with zero attached hydrogens (tertiary/aromatic N) is 1. The van der Waals surface area contributed by atoms with Gasteiger partial charge in [-0.1, -0.05) is 45.0 Å². The maximum absolute atomic E-state index is 12.3. The van der Waals surface area contributed by atoms with Crippen LogP contribution in [0.4, 0.5) is 0 Å². The van der Waals surface area contributed by atoms with Crippen LogP contribution >= 0.6 is 0 Å². The maximum Gasteiger partial charge on any atom is 0.140 e. The summed E-state index contributed by atoms with van der Waals surface area (Å²) in [6, 6.07) is 8.79. The molecule has 0 spiro atoms. The van der Waals surface area contributed by atoms with Gasteiger partial charge in [0.05, 0.1) is 0 Å². The number of carbonyl (C=O) groups is 1. The molecule has 0 N–H and O–H groups in total. The third-order valence-corrected chi connectivity index (χ3v) is 4.07. The monoisotopic (exact) mass is 245 g/mol. The van der Waals surface area contributed by atoms with Crippen molar-refractivity contribution in [3.05, 3.63) is 35.4 Å². The lowest BCUT2D eigenvalue weighted by Crippen LogP contribution is -2.39. The summed E-state index contributed by atoms with van der Waals surface area (Å²) in [5, 5.41) is 0. The Morgan fingerprint density at radius 3 is 2.61 bits per heavy atom. The van der Waals surface area contributed by atoms with Crippen molar-refractivity contribution in [2.24, 2.45) is 11.8 Å². The number of carbonyl (C=O) groups excluding carboxylic acids is 1. The largest absolute Gasteiger partial charge is 0.299 e. The van der Waals surface area contributed by atoms with Gasteiger partial charge in [0, 0.05) is 24.4 Å². The second kappa shape index (κ2) is 5.23. The molecule has 98 valence electrons. The molecule has 0 aliphatic carbocycles. The second-order valence-corrected chi connectivity index (χ2v) is 5.72. The SMILES string of the molecule is CC(C)C(=O)C(C)C1c2ccccc2CCN1C. The van der Waals surface area contributed by atoms with Crippen molar-refractivity contribution in [1.29, 1.82) is 0 Å². The van der Waals surface area contributed by atoms with E-state index >= 15 is 0 Å². The van der Waals surface area contributed by atoms with Crippen LogP contribution in [0.3, 0.4) is 0 Å². The van der Waals surface area contributed by atoms with Crippen LogP contribution < -0.4 is 0 Å². The first kappa shape index (κ1) is 13.3. The average molecular weight is 245 g/mol. The molecule has 0 fully saturated rings. The van der Waals surface area contributed by atoms with Gasteiger partial charge in [-0.3, -0.25) is 9.69 Å². The number of likely N-dealkylation sites (N-methyl/N-ethyl adjacent to an activating group) is 1. The third kappa shape index (κ3) is 2.35. The fourth-order valence-electron chi connectivity index (χ4n) is 3.06. The van der Waals surface area contributed by atoms with Gasteiger partial charge in [-0.05, 0) is 24.6 Å². The van der Waals surface area contributed by atoms with Crippen LogP contribution in [0, 0.1) is 11.8 Å². The van der Waals surface area contributed by atoms with Crippen molar-refractivity contribution in [3.63, 3.8) is 0 Å². The first-order valence-corrected chi connectivity index (χ1v) is 6.84. The van der Waals surface area contributed by atoms with Crippen LogP contribution in [-0.4, -0.2) is 24.3 Å². The molecule has 0 amide bonds. The van der Waals surface area contributed by atoms with Gasteiger partial charge < -0.3 is 0 Å². The molecule has 1 heterocycles. The highest BCUT2D eigenvalue weighted by Crippen LogP contribution is 2.35. The predicted molar refractivity (Wildman–Crippen MR) is 74.5 cm³/mol. The molecule has 1 aromatic rings. The molecule has 2 atom stereocenters. The quantitative estimate of drug-likeness (QED) is 0.815. The summed E-state index contributed by atoms with van der Waals surface area (Å²) in [4.78, 5) is 14.6. The van der Waals surface area contributed by atoms with Crippen LogP contribution in [0.15, 0.2) is 24.3 Å². The first-order chi connectivity index (χ1) is 8.52. The molecule has 0 radical (unpaired) electrons. The Morgan fingerprint density at radius 2 is 1.94 bits per heavy atom. The van der Waals surface area contributed by atoms with Crippen LogP contribution in [0.2, 0.25) is 0 Å². The van der Waals surface area contributed by atoms with E-state index in [1.807, 2.05) is 13.8 Å². The highest BCUT2D eigenvalue weighted by atomic mass is 16.1. The number of hydrogen-bond donors (Lipinski definition) is 0. The van der Waals surface area contributed by atoms with Crippen molar-refractivity contribution in [1.82, 2.24) is 4.90 Å². The Kier molecular flexibility index (Phi) is 3.86. The maximum atomic E-state index is 12.3. The van der Waals surface area contributed by atoms with E-state index in [-0.39, 0.29) is 17.9 Å². The topological polar surface area (TPSA) is 20.3 Å². The van der Waals surface area contributed by atoms with E-state index in [0.717, 1.165) is 13.0 Å². The molecule has 1 aliphatic rings. The zero-order chi connectivity index (χ0) is 13.3. The Bertz CT molecular complexity index is 438. The zero-order valence-electron chi connectivity index (χ0n) is 11.8. The number of ketones is 1. The van der Waals surface area contributed by atoms with Crippen molar-refractivity contribution >= 4 is 5.78 Å². The standard InChI is InChI=1S/C16H23NO/c1-11(2)16(18)12(3)15-14-8-6-5-7-13(14)9-10-17(15)4/h5-8,11-12,15H,9-10H2,1-4H3. The summed E-state index contributed by atoms with van der Waals surface area (Å²) in [7, 11) is 2.13. The van der Waals surface area contributed by atoms with Crippen molar-refractivity contribution < 1.29 is 4.79 Å². The fourth-order valence-corrected chi connectivity index (χ4v) is 3.06. The molecule has 2 heteroatoms. The lowest BCUT2D eigenvalue weighted by molar-refractivity contribution is -0.127. The highest BCUT2D eigenvalue weighted by Gasteiger charge is 2.33. The molecular weight excluding hydrogens is 222 g/mol. The molecule has 0 bridgehead atoms. The lowest BCUT2D eigenvalue weighted by atomic mass is 9.81. The molecule has 1 aromatic carbocycles. The van der Waals surface area contributed by atoms with E-state index in [2.05, 4.69) is 43.1 Å². The Hall–Kier alpha value is -1.15. The molecule has 0 saturated heterocycles. The minimum Gasteiger partial charge on any atom is -0.299 e. The minimum absolute atomic E-state index is 0.0662. The summed E-state index contributed by atoms with van der Waals surface area (Å²) in [6.45, 7) is 7.10. The van der Waals surface area contributed by atoms with Gasteiger partial charge in [0.1, 0.15) is 5.78 Å². The van der Waals surface area contributed by atoms with Gasteiger partial charge in [0.2, 0.25) is 0 Å². The molecule has 18 heavy (non-hydrogen) atoms. The number of Topliss-reactive ketones (excluding diaryl/α,β-unsaturated/α-hetero) is 1. The number of rotatable bonds is 3. The number of fused-ring (bicyclic) bond motifs is 1. The van der Waals surface area contributed by atoms with E-state index in [1.165, 1.54) is 11.1 Å². The smallest absolute Gasteiger partial charge is 0.140 e. The molecule has 2 unspecified atom stereocenters. The van der Waals surface area contributed by atoms with E-state index < -0.39 is 0 Å². The van der Waals surface area contributed by atoms with Crippen LogP contribution in [0.5, 0.6) is 0 Å². The number of benzene rings is 1. The summed E-state index contributed by atoms with van der Waals surface area (Å²) in [6.07, 6.45) is 1.09. The fraction of sp³-hybridized carbons (Fsp3) is 0.562. The molecule has 2 nitrogen and oxygen atoms in total. The minimum atomic E-state index is 0.0662. The number of hydrogen-bond acceptors (Lipinski definition) is 2. The molecule has 0 aromatic heterocycles. The van der Waals surface area contributed by atoms with Crippen LogP contribution in [0.1, 0.15) is 37.9 Å². The van der Waals surface area contributed by atoms with E-state index in [9.17, 15) is 4.79 Å². The highest BCUT2D eigenvalue weighted by molar-refractivity contribution is 5.83. The first-order valence-electron chi connectivity index (χ1n) is 6.84. The molecule has 1 aliphatic heterocycles. The normalized spacial score (nSPS) is 21.7. The summed E-state index contributed by atoms with van der Waals surface area (Å²) >= 11 is 0. The van der Waals surface area contributed by atoms with Gasteiger partial charge in [-0.25, -0.2) is 0 Å². The lowest BCUT2D eigenvalue weighted by Gasteiger charge is -2.38. The summed E-state index contributed by atoms with van der Waals surface area (Å²) in [5.41, 5.74) is 2.75. The molecular formula is C16H23NO. The van der Waals surface area contributed by atoms with Gasteiger partial charge in [-0.15, -0.1) is 0 Å². The Balaban J connectivity index is 2.34. The summed E-state index contributed by atoms with van der Waals surface area (Å²) in [5.74, 6) is 0.544. The predicted octanol–water partition coefficient (Wildman–Crippen LogP) is 3.08. The molecule has 2 rings (SSSR count). The third-order valence-electron chi connectivity index (χ3n) is 4.07. The van der Waals surface area contributed by atoms with Gasteiger partial charge in [0.25, 0.3) is 0 Å². The average Bonchev–Trinajstić information content (AvgIpc) is 2.37. The van der Waals surface area contributed by atoms with Crippen molar-refractivity contribution in [2.75, 3.05) is 13.6 Å². The Morgan fingerprint density at radius 1 is 1.28 bits per heavy atom. The molecule has 0 saturated carbocycles. The van der Waals surface area contributed by atoms with Gasteiger partial charge in [0.15, 0.2) is 0 Å². The second-order valence-electron chi connectivity index (χ2n) is 5.72. The van der Waals surface area contributed by atoms with Crippen LogP contribution in [-0.2, 0) is 11.2 Å². The van der Waals surface area contributed by atoms with Crippen molar-refractivity contribution in [2.45, 2.75) is 33.2 Å².